The Morgan fingerprint density at radius 3 is 2.00 bits per heavy atom. The largest absolute Gasteiger partial charge is 0.493 e. The lowest BCUT2D eigenvalue weighted by molar-refractivity contribution is -0.131. The molecule has 0 fully saturated rings. The molecule has 18 heavy (non-hydrogen) atoms. The first-order valence-corrected chi connectivity index (χ1v) is 5.45. The van der Waals surface area contributed by atoms with Crippen LogP contribution in [0.2, 0.25) is 0 Å². The minimum atomic E-state index is -1.48. The molecule has 0 aliphatic carbocycles. The standard InChI is InChI=1S/C13H16O5/c1-7(2)8-5-10(17-3)11(18-4)6-9(8)12(14)13(15)16/h5-7H,1-4H3,(H,15,16). The average molecular weight is 252 g/mol. The molecule has 1 rings (SSSR count). The van der Waals surface area contributed by atoms with E-state index in [0.29, 0.717) is 17.1 Å². The van der Waals surface area contributed by atoms with Gasteiger partial charge in [-0.3, -0.25) is 4.79 Å². The number of hydrogen-bond donors (Lipinski definition) is 1. The van der Waals surface area contributed by atoms with E-state index in [0.717, 1.165) is 0 Å². The van der Waals surface area contributed by atoms with E-state index in [1.807, 2.05) is 13.8 Å². The van der Waals surface area contributed by atoms with Gasteiger partial charge in [-0.15, -0.1) is 0 Å². The number of rotatable bonds is 5. The van der Waals surface area contributed by atoms with Crippen molar-refractivity contribution in [2.75, 3.05) is 14.2 Å². The molecular formula is C13H16O5. The summed E-state index contributed by atoms with van der Waals surface area (Å²) >= 11 is 0. The second kappa shape index (κ2) is 5.53. The number of carboxylic acid groups (broad SMARTS) is 1. The monoisotopic (exact) mass is 252 g/mol. The number of hydrogen-bond acceptors (Lipinski definition) is 4. The highest BCUT2D eigenvalue weighted by molar-refractivity contribution is 6.40. The van der Waals surface area contributed by atoms with Gasteiger partial charge in [0.2, 0.25) is 0 Å². The average Bonchev–Trinajstić information content (AvgIpc) is 2.35. The minimum absolute atomic E-state index is 0.00288. The SMILES string of the molecule is COc1cc(C(=O)C(=O)O)c(C(C)C)cc1OC. The maximum atomic E-state index is 11.6. The van der Waals surface area contributed by atoms with Crippen molar-refractivity contribution < 1.29 is 24.2 Å². The number of methoxy groups -OCH3 is 2. The quantitative estimate of drug-likeness (QED) is 0.641. The number of carboxylic acids is 1. The number of Topliss-reactive ketones (excluding diaryl/α,β-unsaturated/α-hetero) is 1. The molecule has 5 nitrogen and oxygen atoms in total. The molecule has 0 aliphatic rings. The van der Waals surface area contributed by atoms with Gasteiger partial charge in [0.1, 0.15) is 0 Å². The fraction of sp³-hybridized carbons (Fsp3) is 0.385. The van der Waals surface area contributed by atoms with Crippen LogP contribution in [0.15, 0.2) is 12.1 Å². The normalized spacial score (nSPS) is 10.3. The third-order valence-electron chi connectivity index (χ3n) is 2.62. The van der Waals surface area contributed by atoms with Gasteiger partial charge in [-0.1, -0.05) is 13.8 Å². The van der Waals surface area contributed by atoms with E-state index < -0.39 is 11.8 Å². The Morgan fingerprint density at radius 1 is 1.11 bits per heavy atom. The summed E-state index contributed by atoms with van der Waals surface area (Å²) in [5.74, 6) is -1.61. The second-order valence-corrected chi connectivity index (χ2v) is 4.08. The molecule has 0 unspecified atom stereocenters. The second-order valence-electron chi connectivity index (χ2n) is 4.08. The van der Waals surface area contributed by atoms with Crippen molar-refractivity contribution in [3.8, 4) is 11.5 Å². The van der Waals surface area contributed by atoms with Crippen LogP contribution in [0.3, 0.4) is 0 Å². The highest BCUT2D eigenvalue weighted by Crippen LogP contribution is 2.34. The molecule has 0 amide bonds. The van der Waals surface area contributed by atoms with Gasteiger partial charge < -0.3 is 14.6 Å². The van der Waals surface area contributed by atoms with E-state index in [4.69, 9.17) is 14.6 Å². The zero-order chi connectivity index (χ0) is 13.9. The maximum Gasteiger partial charge on any atom is 0.377 e. The third kappa shape index (κ3) is 2.61. The first-order valence-electron chi connectivity index (χ1n) is 5.45. The maximum absolute atomic E-state index is 11.6. The van der Waals surface area contributed by atoms with E-state index in [2.05, 4.69) is 0 Å². The van der Waals surface area contributed by atoms with Crippen molar-refractivity contribution in [2.45, 2.75) is 19.8 Å². The Bertz CT molecular complexity index is 477. The molecule has 0 radical (unpaired) electrons. The lowest BCUT2D eigenvalue weighted by Crippen LogP contribution is -2.16. The Hall–Kier alpha value is -2.04. The molecule has 1 aromatic rings. The fourth-order valence-corrected chi connectivity index (χ4v) is 1.68. The van der Waals surface area contributed by atoms with E-state index in [1.54, 1.807) is 6.07 Å². The summed E-state index contributed by atoms with van der Waals surface area (Å²) in [5, 5.41) is 8.81. The van der Waals surface area contributed by atoms with Crippen molar-refractivity contribution in [2.24, 2.45) is 0 Å². The predicted octanol–water partition coefficient (Wildman–Crippen LogP) is 2.09. The number of benzene rings is 1. The van der Waals surface area contributed by atoms with Gasteiger partial charge in [0.15, 0.2) is 11.5 Å². The van der Waals surface area contributed by atoms with Gasteiger partial charge in [0.25, 0.3) is 5.78 Å². The van der Waals surface area contributed by atoms with Crippen LogP contribution in [-0.4, -0.2) is 31.1 Å². The first-order chi connectivity index (χ1) is 8.42. The van der Waals surface area contributed by atoms with E-state index in [9.17, 15) is 9.59 Å². The van der Waals surface area contributed by atoms with Crippen molar-refractivity contribution in [3.05, 3.63) is 23.3 Å². The van der Waals surface area contributed by atoms with Crippen LogP contribution >= 0.6 is 0 Å². The molecule has 0 atom stereocenters. The van der Waals surface area contributed by atoms with Gasteiger partial charge in [-0.25, -0.2) is 4.79 Å². The highest BCUT2D eigenvalue weighted by Gasteiger charge is 2.23. The van der Waals surface area contributed by atoms with Gasteiger partial charge in [-0.2, -0.15) is 0 Å². The molecule has 0 saturated heterocycles. The summed E-state index contributed by atoms with van der Waals surface area (Å²) in [6.07, 6.45) is 0. The highest BCUT2D eigenvalue weighted by atomic mass is 16.5. The molecule has 98 valence electrons. The van der Waals surface area contributed by atoms with Crippen molar-refractivity contribution in [1.82, 2.24) is 0 Å². The van der Waals surface area contributed by atoms with Gasteiger partial charge >= 0.3 is 5.97 Å². The molecule has 0 aliphatic heterocycles. The number of carbonyl (C=O) groups excluding carboxylic acids is 1. The summed E-state index contributed by atoms with van der Waals surface area (Å²) < 4.78 is 10.2. The lowest BCUT2D eigenvalue weighted by atomic mass is 9.94. The van der Waals surface area contributed by atoms with E-state index in [1.165, 1.54) is 20.3 Å². The minimum Gasteiger partial charge on any atom is -0.493 e. The summed E-state index contributed by atoms with van der Waals surface area (Å²) in [5.41, 5.74) is 0.759. The summed E-state index contributed by atoms with van der Waals surface area (Å²) in [7, 11) is 2.92. The third-order valence-corrected chi connectivity index (χ3v) is 2.62. The molecule has 0 heterocycles. The zero-order valence-corrected chi connectivity index (χ0v) is 10.8. The molecule has 0 spiro atoms. The number of ether oxygens (including phenoxy) is 2. The van der Waals surface area contributed by atoms with E-state index >= 15 is 0 Å². The van der Waals surface area contributed by atoms with Gasteiger partial charge in [0, 0.05) is 5.56 Å². The smallest absolute Gasteiger partial charge is 0.377 e. The topological polar surface area (TPSA) is 72.8 Å². The zero-order valence-electron chi connectivity index (χ0n) is 10.8. The van der Waals surface area contributed by atoms with Crippen LogP contribution in [0.4, 0.5) is 0 Å². The van der Waals surface area contributed by atoms with Crippen LogP contribution in [0.5, 0.6) is 11.5 Å². The molecule has 1 N–H and O–H groups in total. The molecule has 0 aromatic heterocycles. The van der Waals surface area contributed by atoms with E-state index in [-0.39, 0.29) is 11.5 Å². The van der Waals surface area contributed by atoms with Crippen LogP contribution in [0.25, 0.3) is 0 Å². The summed E-state index contributed by atoms with van der Waals surface area (Å²) in [6.45, 7) is 3.75. The Morgan fingerprint density at radius 2 is 1.61 bits per heavy atom. The number of carbonyl (C=O) groups is 2. The Balaban J connectivity index is 3.47. The molecular weight excluding hydrogens is 236 g/mol. The Kier molecular flexibility index (Phi) is 4.31. The van der Waals surface area contributed by atoms with Gasteiger partial charge in [0.05, 0.1) is 14.2 Å². The fourth-order valence-electron chi connectivity index (χ4n) is 1.68. The summed E-state index contributed by atoms with van der Waals surface area (Å²) in [4.78, 5) is 22.4. The predicted molar refractivity (Wildman–Crippen MR) is 65.6 cm³/mol. The molecule has 0 bridgehead atoms. The van der Waals surface area contributed by atoms with Crippen LogP contribution in [0, 0.1) is 0 Å². The molecule has 0 saturated carbocycles. The molecule has 5 heteroatoms. The van der Waals surface area contributed by atoms with Crippen LogP contribution in [-0.2, 0) is 4.79 Å². The lowest BCUT2D eigenvalue weighted by Gasteiger charge is -2.15. The molecule has 1 aromatic carbocycles. The van der Waals surface area contributed by atoms with Crippen LogP contribution in [0.1, 0.15) is 35.7 Å². The van der Waals surface area contributed by atoms with Crippen molar-refractivity contribution >= 4 is 11.8 Å². The number of ketones is 1. The first kappa shape index (κ1) is 14.0. The number of aliphatic carboxylic acids is 1. The van der Waals surface area contributed by atoms with Crippen LogP contribution < -0.4 is 9.47 Å². The van der Waals surface area contributed by atoms with Gasteiger partial charge in [-0.05, 0) is 23.6 Å². The Labute approximate surface area is 105 Å². The van der Waals surface area contributed by atoms with Crippen molar-refractivity contribution in [3.63, 3.8) is 0 Å². The summed E-state index contributed by atoms with van der Waals surface area (Å²) in [6, 6.07) is 3.05. The van der Waals surface area contributed by atoms with Crippen molar-refractivity contribution in [1.29, 1.82) is 0 Å².